The Balaban J connectivity index is 1.61. The molecule has 0 bridgehead atoms. The average Bonchev–Trinajstić information content (AvgIpc) is 2.64. The summed E-state index contributed by atoms with van der Waals surface area (Å²) in [5, 5.41) is 12.1. The van der Waals surface area contributed by atoms with Crippen molar-refractivity contribution in [3.63, 3.8) is 0 Å². The molecule has 1 fully saturated rings. The van der Waals surface area contributed by atoms with E-state index in [2.05, 4.69) is 37.2 Å². The van der Waals surface area contributed by atoms with Crippen LogP contribution in [0.2, 0.25) is 0 Å². The number of likely N-dealkylation sites (tertiary alicyclic amines) is 1. The number of nitrogens with zero attached hydrogens (tertiary/aromatic N) is 3. The number of amides is 1. The Kier molecular flexibility index (Phi) is 5.79. The van der Waals surface area contributed by atoms with Crippen LogP contribution in [0.1, 0.15) is 24.0 Å². The normalized spacial score (nSPS) is 17.7. The third kappa shape index (κ3) is 4.65. The maximum absolute atomic E-state index is 12.5. The van der Waals surface area contributed by atoms with Gasteiger partial charge in [-0.3, -0.25) is 9.69 Å². The maximum atomic E-state index is 12.5. The number of aromatic nitrogens is 1. The Bertz CT molecular complexity index is 785. The number of piperidine rings is 1. The molecule has 1 aromatic carbocycles. The highest BCUT2D eigenvalue weighted by Gasteiger charge is 2.26. The van der Waals surface area contributed by atoms with Crippen molar-refractivity contribution in [2.24, 2.45) is 5.92 Å². The molecule has 1 atom stereocenters. The number of hydrogen-bond donors (Lipinski definition) is 1. The third-order valence-corrected chi connectivity index (χ3v) is 4.86. The van der Waals surface area contributed by atoms with E-state index in [4.69, 9.17) is 0 Å². The molecule has 128 valence electrons. The van der Waals surface area contributed by atoms with Gasteiger partial charge in [-0.05, 0) is 59.1 Å². The number of benzene rings is 1. The van der Waals surface area contributed by atoms with Gasteiger partial charge < -0.3 is 5.32 Å². The van der Waals surface area contributed by atoms with Gasteiger partial charge in [-0.15, -0.1) is 0 Å². The number of nitrogens with one attached hydrogen (secondary N) is 1. The second kappa shape index (κ2) is 8.24. The summed E-state index contributed by atoms with van der Waals surface area (Å²) in [6.07, 6.45) is 3.51. The molecular formula is C19H19BrN4O. The molecule has 0 saturated carbocycles. The number of rotatable bonds is 4. The molecular weight excluding hydrogens is 380 g/mol. The zero-order chi connectivity index (χ0) is 17.6. The number of anilines is 1. The zero-order valence-electron chi connectivity index (χ0n) is 13.8. The number of hydrogen-bond acceptors (Lipinski definition) is 4. The van der Waals surface area contributed by atoms with E-state index in [0.29, 0.717) is 24.5 Å². The molecule has 2 heterocycles. The minimum absolute atomic E-state index is 0.00749. The first-order valence-corrected chi connectivity index (χ1v) is 9.08. The molecule has 5 nitrogen and oxygen atoms in total. The average molecular weight is 399 g/mol. The monoisotopic (exact) mass is 398 g/mol. The summed E-state index contributed by atoms with van der Waals surface area (Å²) in [7, 11) is 0. The fourth-order valence-corrected chi connectivity index (χ4v) is 3.33. The van der Waals surface area contributed by atoms with E-state index in [-0.39, 0.29) is 11.8 Å². The smallest absolute Gasteiger partial charge is 0.229 e. The summed E-state index contributed by atoms with van der Waals surface area (Å²) < 4.78 is 0.880. The van der Waals surface area contributed by atoms with Crippen LogP contribution in [0.3, 0.4) is 0 Å². The predicted molar refractivity (Wildman–Crippen MR) is 99.7 cm³/mol. The Labute approximate surface area is 155 Å². The SMILES string of the molecule is N#Cc1ccccc1CN1CCC[C@H](C(=O)Nc2ccc(Br)cn2)C1. The fraction of sp³-hybridized carbons (Fsp3) is 0.316. The minimum Gasteiger partial charge on any atom is -0.310 e. The lowest BCUT2D eigenvalue weighted by atomic mass is 9.96. The van der Waals surface area contributed by atoms with E-state index < -0.39 is 0 Å². The van der Waals surface area contributed by atoms with Crippen LogP contribution in [0, 0.1) is 17.2 Å². The van der Waals surface area contributed by atoms with E-state index >= 15 is 0 Å². The highest BCUT2D eigenvalue weighted by molar-refractivity contribution is 9.10. The maximum Gasteiger partial charge on any atom is 0.229 e. The molecule has 25 heavy (non-hydrogen) atoms. The number of pyridine rings is 1. The van der Waals surface area contributed by atoms with Crippen LogP contribution in [-0.4, -0.2) is 28.9 Å². The van der Waals surface area contributed by atoms with Crippen LogP contribution in [0.25, 0.3) is 0 Å². The molecule has 1 N–H and O–H groups in total. The second-order valence-corrected chi connectivity index (χ2v) is 7.11. The van der Waals surface area contributed by atoms with Crippen molar-refractivity contribution in [3.8, 4) is 6.07 Å². The summed E-state index contributed by atoms with van der Waals surface area (Å²) in [5.41, 5.74) is 1.72. The van der Waals surface area contributed by atoms with Crippen LogP contribution >= 0.6 is 15.9 Å². The van der Waals surface area contributed by atoms with Crippen molar-refractivity contribution >= 4 is 27.7 Å². The first-order valence-electron chi connectivity index (χ1n) is 8.28. The van der Waals surface area contributed by atoms with Gasteiger partial charge in [0.25, 0.3) is 0 Å². The van der Waals surface area contributed by atoms with Crippen LogP contribution in [0.15, 0.2) is 47.1 Å². The quantitative estimate of drug-likeness (QED) is 0.854. The van der Waals surface area contributed by atoms with Crippen molar-refractivity contribution in [2.45, 2.75) is 19.4 Å². The lowest BCUT2D eigenvalue weighted by Crippen LogP contribution is -2.40. The van der Waals surface area contributed by atoms with Gasteiger partial charge in [-0.2, -0.15) is 5.26 Å². The summed E-state index contributed by atoms with van der Waals surface area (Å²) in [6.45, 7) is 2.34. The topological polar surface area (TPSA) is 69.0 Å². The second-order valence-electron chi connectivity index (χ2n) is 6.19. The van der Waals surface area contributed by atoms with Crippen LogP contribution in [0.5, 0.6) is 0 Å². The van der Waals surface area contributed by atoms with Gasteiger partial charge in [0.05, 0.1) is 17.6 Å². The lowest BCUT2D eigenvalue weighted by molar-refractivity contribution is -0.121. The molecule has 6 heteroatoms. The largest absolute Gasteiger partial charge is 0.310 e. The molecule has 1 amide bonds. The van der Waals surface area contributed by atoms with Gasteiger partial charge in [-0.1, -0.05) is 18.2 Å². The molecule has 3 rings (SSSR count). The van der Waals surface area contributed by atoms with E-state index in [9.17, 15) is 10.1 Å². The highest BCUT2D eigenvalue weighted by atomic mass is 79.9. The predicted octanol–water partition coefficient (Wildman–Crippen LogP) is 3.57. The van der Waals surface area contributed by atoms with E-state index in [0.717, 1.165) is 29.4 Å². The molecule has 0 spiro atoms. The van der Waals surface area contributed by atoms with Crippen LogP contribution < -0.4 is 5.32 Å². The van der Waals surface area contributed by atoms with Gasteiger partial charge in [0, 0.05) is 23.8 Å². The Morgan fingerprint density at radius 1 is 1.36 bits per heavy atom. The van der Waals surface area contributed by atoms with Gasteiger partial charge in [-0.25, -0.2) is 4.98 Å². The van der Waals surface area contributed by atoms with Crippen molar-refractivity contribution < 1.29 is 4.79 Å². The minimum atomic E-state index is -0.0616. The van der Waals surface area contributed by atoms with Gasteiger partial charge >= 0.3 is 0 Å². The molecule has 1 saturated heterocycles. The highest BCUT2D eigenvalue weighted by Crippen LogP contribution is 2.21. The molecule has 1 aromatic heterocycles. The molecule has 2 aromatic rings. The lowest BCUT2D eigenvalue weighted by Gasteiger charge is -2.32. The van der Waals surface area contributed by atoms with Crippen molar-refractivity contribution in [3.05, 3.63) is 58.2 Å². The zero-order valence-corrected chi connectivity index (χ0v) is 15.4. The molecule has 0 aliphatic carbocycles. The number of carbonyl (C=O) groups excluding carboxylic acids is 1. The first kappa shape index (κ1) is 17.6. The van der Waals surface area contributed by atoms with Crippen molar-refractivity contribution in [1.29, 1.82) is 5.26 Å². The summed E-state index contributed by atoms with van der Waals surface area (Å²) in [6, 6.07) is 13.5. The van der Waals surface area contributed by atoms with E-state index in [1.807, 2.05) is 30.3 Å². The van der Waals surface area contributed by atoms with Crippen LogP contribution in [0.4, 0.5) is 5.82 Å². The molecule has 1 aliphatic heterocycles. The first-order chi connectivity index (χ1) is 12.2. The Morgan fingerprint density at radius 2 is 2.20 bits per heavy atom. The Hall–Kier alpha value is -2.23. The summed E-state index contributed by atoms with van der Waals surface area (Å²) >= 11 is 3.33. The van der Waals surface area contributed by atoms with E-state index in [1.165, 1.54) is 0 Å². The van der Waals surface area contributed by atoms with E-state index in [1.54, 1.807) is 12.3 Å². The van der Waals surface area contributed by atoms with Crippen molar-refractivity contribution in [1.82, 2.24) is 9.88 Å². The summed E-state index contributed by atoms with van der Waals surface area (Å²) in [4.78, 5) is 19.0. The third-order valence-electron chi connectivity index (χ3n) is 4.39. The fourth-order valence-electron chi connectivity index (χ4n) is 3.10. The number of nitriles is 1. The number of carbonyl (C=O) groups is 1. The van der Waals surface area contributed by atoms with Crippen molar-refractivity contribution in [2.75, 3.05) is 18.4 Å². The van der Waals surface area contributed by atoms with Gasteiger partial charge in [0.15, 0.2) is 0 Å². The molecule has 0 radical (unpaired) electrons. The van der Waals surface area contributed by atoms with Gasteiger partial charge in [0.2, 0.25) is 5.91 Å². The standard InChI is InChI=1S/C19H19BrN4O/c20-17-7-8-18(22-11-17)23-19(25)16-6-3-9-24(13-16)12-15-5-2-1-4-14(15)10-21/h1-2,4-5,7-8,11,16H,3,6,9,12-13H2,(H,22,23,25)/t16-/m0/s1. The molecule has 0 unspecified atom stereocenters. The molecule has 1 aliphatic rings. The Morgan fingerprint density at radius 3 is 2.96 bits per heavy atom. The number of halogens is 1. The van der Waals surface area contributed by atoms with Crippen LogP contribution in [-0.2, 0) is 11.3 Å². The summed E-state index contributed by atoms with van der Waals surface area (Å²) in [5.74, 6) is 0.515. The van der Waals surface area contributed by atoms with Gasteiger partial charge in [0.1, 0.15) is 5.82 Å².